The smallest absolute Gasteiger partial charge is 0.134 e. The van der Waals surface area contributed by atoms with Gasteiger partial charge >= 0.3 is 0 Å². The average molecular weight is 269 g/mol. The first-order valence-electron chi connectivity index (χ1n) is 4.95. The molecule has 2 nitrogen and oxygen atoms in total. The number of rotatable bonds is 2. The number of phenols is 1. The van der Waals surface area contributed by atoms with Crippen LogP contribution in [-0.2, 0) is 0 Å². The van der Waals surface area contributed by atoms with E-state index < -0.39 is 0 Å². The fourth-order valence-electron chi connectivity index (χ4n) is 1.56. The zero-order chi connectivity index (χ0) is 12.4. The Bertz CT molecular complexity index is 536. The predicted octanol–water partition coefficient (Wildman–Crippen LogP) is 4.37. The molecule has 0 spiro atoms. The van der Waals surface area contributed by atoms with Gasteiger partial charge in [0, 0.05) is 5.56 Å². The fraction of sp³-hybridized carbons (Fsp3) is 0.0769. The van der Waals surface area contributed by atoms with Gasteiger partial charge in [-0.3, -0.25) is 0 Å². The molecule has 0 aliphatic rings. The second-order valence-electron chi connectivity index (χ2n) is 3.48. The van der Waals surface area contributed by atoms with E-state index in [1.165, 1.54) is 6.07 Å². The molecule has 0 saturated carbocycles. The van der Waals surface area contributed by atoms with E-state index in [2.05, 4.69) is 0 Å². The largest absolute Gasteiger partial charge is 0.506 e. The molecule has 0 unspecified atom stereocenters. The van der Waals surface area contributed by atoms with E-state index in [1.807, 2.05) is 24.3 Å². The monoisotopic (exact) mass is 268 g/mol. The maximum Gasteiger partial charge on any atom is 0.134 e. The van der Waals surface area contributed by atoms with Crippen LogP contribution in [0.2, 0.25) is 10.0 Å². The first-order valence-corrected chi connectivity index (χ1v) is 5.70. The van der Waals surface area contributed by atoms with Gasteiger partial charge in [0.15, 0.2) is 0 Å². The number of benzene rings is 2. The van der Waals surface area contributed by atoms with Crippen LogP contribution in [0.15, 0.2) is 36.4 Å². The molecular formula is C13H10Cl2O2. The zero-order valence-corrected chi connectivity index (χ0v) is 10.6. The van der Waals surface area contributed by atoms with Gasteiger partial charge in [-0.05, 0) is 29.8 Å². The summed E-state index contributed by atoms with van der Waals surface area (Å²) in [6.07, 6.45) is 0. The summed E-state index contributed by atoms with van der Waals surface area (Å²) in [5.41, 5.74) is 1.45. The van der Waals surface area contributed by atoms with Crippen molar-refractivity contribution in [3.8, 4) is 22.6 Å². The van der Waals surface area contributed by atoms with E-state index in [0.29, 0.717) is 10.6 Å². The maximum atomic E-state index is 9.57. The third kappa shape index (κ3) is 2.33. The Balaban J connectivity index is 2.55. The predicted molar refractivity (Wildman–Crippen MR) is 70.1 cm³/mol. The Labute approximate surface area is 109 Å². The van der Waals surface area contributed by atoms with Gasteiger partial charge in [-0.25, -0.2) is 0 Å². The van der Waals surface area contributed by atoms with Crippen molar-refractivity contribution in [2.75, 3.05) is 7.11 Å². The maximum absolute atomic E-state index is 9.57. The quantitative estimate of drug-likeness (QED) is 0.876. The molecule has 17 heavy (non-hydrogen) atoms. The van der Waals surface area contributed by atoms with Crippen molar-refractivity contribution in [3.63, 3.8) is 0 Å². The molecule has 0 radical (unpaired) electrons. The van der Waals surface area contributed by atoms with Crippen LogP contribution in [0.1, 0.15) is 0 Å². The van der Waals surface area contributed by atoms with Crippen molar-refractivity contribution in [2.24, 2.45) is 0 Å². The van der Waals surface area contributed by atoms with Crippen molar-refractivity contribution in [2.45, 2.75) is 0 Å². The SMILES string of the molecule is COc1ccc(-c2c(Cl)ccc(O)c2Cl)cc1. The van der Waals surface area contributed by atoms with Gasteiger partial charge in [-0.1, -0.05) is 35.3 Å². The van der Waals surface area contributed by atoms with Crippen molar-refractivity contribution < 1.29 is 9.84 Å². The van der Waals surface area contributed by atoms with Crippen molar-refractivity contribution in [1.82, 2.24) is 0 Å². The van der Waals surface area contributed by atoms with Crippen LogP contribution >= 0.6 is 23.2 Å². The van der Waals surface area contributed by atoms with Gasteiger partial charge in [0.1, 0.15) is 11.5 Å². The molecule has 2 aromatic carbocycles. The molecule has 1 N–H and O–H groups in total. The molecule has 0 aromatic heterocycles. The Morgan fingerprint density at radius 2 is 1.65 bits per heavy atom. The van der Waals surface area contributed by atoms with Gasteiger partial charge in [-0.2, -0.15) is 0 Å². The highest BCUT2D eigenvalue weighted by atomic mass is 35.5. The summed E-state index contributed by atoms with van der Waals surface area (Å²) in [5, 5.41) is 10.3. The summed E-state index contributed by atoms with van der Waals surface area (Å²) in [6, 6.07) is 10.4. The van der Waals surface area contributed by atoms with Crippen molar-refractivity contribution >= 4 is 23.2 Å². The second-order valence-corrected chi connectivity index (χ2v) is 4.27. The van der Waals surface area contributed by atoms with Gasteiger partial charge in [0.05, 0.1) is 17.2 Å². The van der Waals surface area contributed by atoms with Crippen LogP contribution in [0.5, 0.6) is 11.5 Å². The number of aromatic hydroxyl groups is 1. The van der Waals surface area contributed by atoms with E-state index >= 15 is 0 Å². The van der Waals surface area contributed by atoms with Gasteiger partial charge in [-0.15, -0.1) is 0 Å². The highest BCUT2D eigenvalue weighted by Crippen LogP contribution is 2.40. The van der Waals surface area contributed by atoms with E-state index in [1.54, 1.807) is 13.2 Å². The lowest BCUT2D eigenvalue weighted by Crippen LogP contribution is -1.85. The molecule has 0 atom stereocenters. The lowest BCUT2D eigenvalue weighted by molar-refractivity contribution is 0.415. The second kappa shape index (κ2) is 4.86. The van der Waals surface area contributed by atoms with Gasteiger partial charge in [0.25, 0.3) is 0 Å². The summed E-state index contributed by atoms with van der Waals surface area (Å²) >= 11 is 12.1. The molecule has 2 aromatic rings. The van der Waals surface area contributed by atoms with Crippen LogP contribution in [0.3, 0.4) is 0 Å². The first-order chi connectivity index (χ1) is 8.13. The molecular weight excluding hydrogens is 259 g/mol. The molecule has 0 aliphatic carbocycles. The number of halogens is 2. The molecule has 0 saturated heterocycles. The van der Waals surface area contributed by atoms with Crippen LogP contribution in [-0.4, -0.2) is 12.2 Å². The summed E-state index contributed by atoms with van der Waals surface area (Å²) in [5.74, 6) is 0.767. The molecule has 0 heterocycles. The molecule has 2 rings (SSSR count). The first kappa shape index (κ1) is 12.1. The third-order valence-electron chi connectivity index (χ3n) is 2.45. The van der Waals surface area contributed by atoms with Crippen LogP contribution in [0.25, 0.3) is 11.1 Å². The number of phenolic OH excluding ortho intramolecular Hbond substituents is 1. The fourth-order valence-corrected chi connectivity index (χ4v) is 2.15. The summed E-state index contributed by atoms with van der Waals surface area (Å²) in [6.45, 7) is 0. The summed E-state index contributed by atoms with van der Waals surface area (Å²) in [4.78, 5) is 0. The lowest BCUT2D eigenvalue weighted by Gasteiger charge is -2.09. The highest BCUT2D eigenvalue weighted by molar-refractivity contribution is 6.40. The number of methoxy groups -OCH3 is 1. The lowest BCUT2D eigenvalue weighted by atomic mass is 10.1. The Morgan fingerprint density at radius 1 is 1.00 bits per heavy atom. The standard InChI is InChI=1S/C13H10Cl2O2/c1-17-9-4-2-8(3-5-9)12-10(14)6-7-11(16)13(12)15/h2-7,16H,1H3. The molecule has 88 valence electrons. The minimum atomic E-state index is 0.0156. The van der Waals surface area contributed by atoms with Gasteiger partial charge < -0.3 is 9.84 Å². The molecule has 0 amide bonds. The Kier molecular flexibility index (Phi) is 3.46. The number of ether oxygens (including phenoxy) is 1. The summed E-state index contributed by atoms with van der Waals surface area (Å²) < 4.78 is 5.07. The van der Waals surface area contributed by atoms with Crippen LogP contribution < -0.4 is 4.74 Å². The minimum Gasteiger partial charge on any atom is -0.506 e. The topological polar surface area (TPSA) is 29.5 Å². The van der Waals surface area contributed by atoms with Crippen LogP contribution in [0, 0.1) is 0 Å². The van der Waals surface area contributed by atoms with Crippen molar-refractivity contribution in [1.29, 1.82) is 0 Å². The number of hydrogen-bond donors (Lipinski definition) is 1. The van der Waals surface area contributed by atoms with E-state index in [9.17, 15) is 5.11 Å². The highest BCUT2D eigenvalue weighted by Gasteiger charge is 2.12. The Hall–Kier alpha value is -1.38. The molecule has 0 aliphatic heterocycles. The normalized spacial score (nSPS) is 10.3. The zero-order valence-electron chi connectivity index (χ0n) is 9.08. The van der Waals surface area contributed by atoms with Crippen LogP contribution in [0.4, 0.5) is 0 Å². The third-order valence-corrected chi connectivity index (χ3v) is 3.15. The Morgan fingerprint density at radius 3 is 2.24 bits per heavy atom. The van der Waals surface area contributed by atoms with E-state index in [-0.39, 0.29) is 10.8 Å². The molecule has 0 fully saturated rings. The average Bonchev–Trinajstić information content (AvgIpc) is 2.35. The van der Waals surface area contributed by atoms with E-state index in [4.69, 9.17) is 27.9 Å². The molecule has 4 heteroatoms. The molecule has 0 bridgehead atoms. The van der Waals surface area contributed by atoms with E-state index in [0.717, 1.165) is 11.3 Å². The summed E-state index contributed by atoms with van der Waals surface area (Å²) in [7, 11) is 1.60. The van der Waals surface area contributed by atoms with Crippen molar-refractivity contribution in [3.05, 3.63) is 46.4 Å². The number of hydrogen-bond acceptors (Lipinski definition) is 2. The van der Waals surface area contributed by atoms with Gasteiger partial charge in [0.2, 0.25) is 0 Å². The minimum absolute atomic E-state index is 0.0156.